The van der Waals surface area contributed by atoms with E-state index in [1.165, 1.54) is 24.3 Å². The van der Waals surface area contributed by atoms with Crippen LogP contribution in [0.4, 0.5) is 5.69 Å². The maximum absolute atomic E-state index is 12.3. The van der Waals surface area contributed by atoms with Gasteiger partial charge in [-0.2, -0.15) is 5.26 Å². The summed E-state index contributed by atoms with van der Waals surface area (Å²) in [6.45, 7) is 5.76. The van der Waals surface area contributed by atoms with Crippen molar-refractivity contribution < 1.29 is 13.2 Å². The van der Waals surface area contributed by atoms with Crippen molar-refractivity contribution in [2.45, 2.75) is 44.4 Å². The Kier molecular flexibility index (Phi) is 8.82. The van der Waals surface area contributed by atoms with Crippen LogP contribution in [0.15, 0.2) is 40.9 Å². The summed E-state index contributed by atoms with van der Waals surface area (Å²) >= 11 is 0. The van der Waals surface area contributed by atoms with E-state index < -0.39 is 15.9 Å². The molecule has 0 aliphatic carbocycles. The molecule has 0 aliphatic heterocycles. The average Bonchev–Trinajstić information content (AvgIpc) is 2.60. The Morgan fingerprint density at radius 2 is 1.73 bits per heavy atom. The quantitative estimate of drug-likeness (QED) is 0.479. The third-order valence-electron chi connectivity index (χ3n) is 3.72. The van der Waals surface area contributed by atoms with E-state index in [-0.39, 0.29) is 10.5 Å². The number of nitrogens with one attached hydrogen (secondary N) is 1. The van der Waals surface area contributed by atoms with Gasteiger partial charge in [-0.15, -0.1) is 0 Å². The van der Waals surface area contributed by atoms with Gasteiger partial charge in [0.2, 0.25) is 10.0 Å². The Morgan fingerprint density at radius 1 is 1.19 bits per heavy atom. The number of amides is 1. The molecule has 0 saturated heterocycles. The molecule has 0 unspecified atom stereocenters. The Hall–Kier alpha value is -2.37. The van der Waals surface area contributed by atoms with Crippen molar-refractivity contribution in [1.82, 2.24) is 4.90 Å². The minimum absolute atomic E-state index is 0.00716. The summed E-state index contributed by atoms with van der Waals surface area (Å²) in [6.07, 6.45) is 5.62. The molecule has 0 fully saturated rings. The van der Waals surface area contributed by atoms with Crippen molar-refractivity contribution in [1.29, 1.82) is 5.26 Å². The zero-order chi connectivity index (χ0) is 19.6. The zero-order valence-corrected chi connectivity index (χ0v) is 16.1. The van der Waals surface area contributed by atoms with Crippen molar-refractivity contribution in [2.24, 2.45) is 5.14 Å². The van der Waals surface area contributed by atoms with Crippen LogP contribution >= 0.6 is 0 Å². The van der Waals surface area contributed by atoms with E-state index in [4.69, 9.17) is 5.14 Å². The van der Waals surface area contributed by atoms with E-state index >= 15 is 0 Å². The average molecular weight is 378 g/mol. The molecular formula is C18H26N4O3S. The fourth-order valence-electron chi connectivity index (χ4n) is 2.21. The van der Waals surface area contributed by atoms with Crippen molar-refractivity contribution in [3.8, 4) is 6.07 Å². The number of nitrogens with two attached hydrogens (primary N) is 1. The first-order chi connectivity index (χ1) is 12.3. The number of anilines is 1. The molecule has 0 bridgehead atoms. The van der Waals surface area contributed by atoms with Gasteiger partial charge < -0.3 is 10.2 Å². The van der Waals surface area contributed by atoms with Crippen LogP contribution < -0.4 is 10.5 Å². The number of hydrogen-bond donors (Lipinski definition) is 2. The van der Waals surface area contributed by atoms with Crippen LogP contribution in [0.1, 0.15) is 39.5 Å². The Bertz CT molecular complexity index is 757. The van der Waals surface area contributed by atoms with Crippen molar-refractivity contribution >= 4 is 21.6 Å². The highest BCUT2D eigenvalue weighted by Crippen LogP contribution is 2.14. The first-order valence-corrected chi connectivity index (χ1v) is 10.2. The topological polar surface area (TPSA) is 116 Å². The second-order valence-electron chi connectivity index (χ2n) is 5.92. The van der Waals surface area contributed by atoms with E-state index in [9.17, 15) is 18.5 Å². The fraction of sp³-hybridized carbons (Fsp3) is 0.444. The monoisotopic (exact) mass is 378 g/mol. The van der Waals surface area contributed by atoms with Crippen molar-refractivity contribution in [2.75, 3.05) is 18.4 Å². The van der Waals surface area contributed by atoms with Gasteiger partial charge in [-0.05, 0) is 37.1 Å². The second kappa shape index (κ2) is 10.6. The van der Waals surface area contributed by atoms with Crippen LogP contribution in [-0.2, 0) is 14.8 Å². The van der Waals surface area contributed by atoms with Gasteiger partial charge in [-0.25, -0.2) is 13.6 Å². The first-order valence-electron chi connectivity index (χ1n) is 8.62. The van der Waals surface area contributed by atoms with Crippen LogP contribution in [0.3, 0.4) is 0 Å². The number of hydrogen-bond acceptors (Lipinski definition) is 5. The molecule has 26 heavy (non-hydrogen) atoms. The number of sulfonamides is 1. The molecule has 1 amide bonds. The Balaban J connectivity index is 2.87. The zero-order valence-electron chi connectivity index (χ0n) is 15.2. The van der Waals surface area contributed by atoms with Crippen molar-refractivity contribution in [3.63, 3.8) is 0 Å². The fourth-order valence-corrected chi connectivity index (χ4v) is 2.73. The molecule has 0 saturated carbocycles. The van der Waals surface area contributed by atoms with Gasteiger partial charge >= 0.3 is 0 Å². The predicted octanol–water partition coefficient (Wildman–Crippen LogP) is 2.58. The molecule has 142 valence electrons. The highest BCUT2D eigenvalue weighted by molar-refractivity contribution is 7.89. The predicted molar refractivity (Wildman–Crippen MR) is 102 cm³/mol. The SMILES string of the molecule is CCCCN(/C=C(/C#N)C(=O)Nc1ccc(S(N)(=O)=O)cc1)CCCC. The molecule has 1 aromatic rings. The Morgan fingerprint density at radius 3 is 2.15 bits per heavy atom. The normalized spacial score (nSPS) is 11.7. The van der Waals surface area contributed by atoms with Gasteiger partial charge in [-0.1, -0.05) is 26.7 Å². The first kappa shape index (κ1) is 21.7. The summed E-state index contributed by atoms with van der Waals surface area (Å²) in [4.78, 5) is 14.3. The molecule has 0 spiro atoms. The molecule has 7 nitrogen and oxygen atoms in total. The summed E-state index contributed by atoms with van der Waals surface area (Å²) < 4.78 is 22.5. The van der Waals surface area contributed by atoms with Crippen LogP contribution in [0.25, 0.3) is 0 Å². The lowest BCUT2D eigenvalue weighted by Crippen LogP contribution is -2.23. The number of unbranched alkanes of at least 4 members (excludes halogenated alkanes) is 2. The molecule has 0 atom stereocenters. The lowest BCUT2D eigenvalue weighted by Gasteiger charge is -2.20. The van der Waals surface area contributed by atoms with Gasteiger partial charge in [0.15, 0.2) is 0 Å². The lowest BCUT2D eigenvalue weighted by atomic mass is 10.2. The van der Waals surface area contributed by atoms with E-state index in [0.717, 1.165) is 38.8 Å². The maximum Gasteiger partial charge on any atom is 0.267 e. The van der Waals surface area contributed by atoms with Crippen molar-refractivity contribution in [3.05, 3.63) is 36.0 Å². The summed E-state index contributed by atoms with van der Waals surface area (Å²) in [5.41, 5.74) is 0.393. The molecule has 0 heterocycles. The lowest BCUT2D eigenvalue weighted by molar-refractivity contribution is -0.112. The van der Waals surface area contributed by atoms with Gasteiger partial charge in [-0.3, -0.25) is 4.79 Å². The largest absolute Gasteiger partial charge is 0.376 e. The Labute approximate surface area is 155 Å². The molecule has 0 aliphatic rings. The highest BCUT2D eigenvalue weighted by atomic mass is 32.2. The van der Waals surface area contributed by atoms with E-state index in [2.05, 4.69) is 19.2 Å². The van der Waals surface area contributed by atoms with Crippen LogP contribution in [0, 0.1) is 11.3 Å². The molecule has 3 N–H and O–H groups in total. The van der Waals surface area contributed by atoms with Crippen LogP contribution in [0.5, 0.6) is 0 Å². The van der Waals surface area contributed by atoms with Crippen LogP contribution in [0.2, 0.25) is 0 Å². The molecular weight excluding hydrogens is 352 g/mol. The molecule has 0 aromatic heterocycles. The number of benzene rings is 1. The number of nitriles is 1. The summed E-state index contributed by atoms with van der Waals surface area (Å²) in [5.74, 6) is -0.533. The smallest absolute Gasteiger partial charge is 0.267 e. The number of primary sulfonamides is 1. The van der Waals surface area contributed by atoms with E-state index in [0.29, 0.717) is 5.69 Å². The number of carbonyl (C=O) groups is 1. The third-order valence-corrected chi connectivity index (χ3v) is 4.64. The standard InChI is InChI=1S/C18H26N4O3S/c1-3-5-11-22(12-6-4-2)14-15(13-19)18(23)21-16-7-9-17(10-8-16)26(20,24)25/h7-10,14H,3-6,11-12H2,1-2H3,(H,21,23)(H2,20,24,25)/b15-14-. The minimum Gasteiger partial charge on any atom is -0.376 e. The minimum atomic E-state index is -3.79. The number of nitrogens with zero attached hydrogens (tertiary/aromatic N) is 2. The summed E-state index contributed by atoms with van der Waals surface area (Å²) in [7, 11) is -3.79. The second-order valence-corrected chi connectivity index (χ2v) is 7.48. The maximum atomic E-state index is 12.3. The summed E-state index contributed by atoms with van der Waals surface area (Å²) in [6, 6.07) is 7.39. The number of rotatable bonds is 10. The molecule has 1 aromatic carbocycles. The number of carbonyl (C=O) groups excluding carboxylic acids is 1. The van der Waals surface area contributed by atoms with Gasteiger partial charge in [0.25, 0.3) is 5.91 Å². The van der Waals surface area contributed by atoms with Crippen LogP contribution in [-0.4, -0.2) is 32.3 Å². The highest BCUT2D eigenvalue weighted by Gasteiger charge is 2.13. The van der Waals surface area contributed by atoms with Gasteiger partial charge in [0, 0.05) is 25.0 Å². The third kappa shape index (κ3) is 7.25. The summed E-state index contributed by atoms with van der Waals surface area (Å²) in [5, 5.41) is 17.0. The van der Waals surface area contributed by atoms with Gasteiger partial charge in [0.1, 0.15) is 11.6 Å². The van der Waals surface area contributed by atoms with E-state index in [1.807, 2.05) is 11.0 Å². The van der Waals surface area contributed by atoms with E-state index in [1.54, 1.807) is 6.20 Å². The molecule has 8 heteroatoms. The molecule has 1 rings (SSSR count). The van der Waals surface area contributed by atoms with Gasteiger partial charge in [0.05, 0.1) is 4.90 Å². The molecule has 0 radical (unpaired) electrons.